The molecule has 1 aliphatic carbocycles. The zero-order valence-electron chi connectivity index (χ0n) is 11.5. The van der Waals surface area contributed by atoms with Gasteiger partial charge in [-0.25, -0.2) is 0 Å². The zero-order chi connectivity index (χ0) is 15.1. The predicted octanol–water partition coefficient (Wildman–Crippen LogP) is 1.70. The Hall–Kier alpha value is -2.43. The number of benzene rings is 1. The fraction of sp³-hybridized carbons (Fsp3) is 0.312. The summed E-state index contributed by atoms with van der Waals surface area (Å²) in [6.07, 6.45) is 3.26. The molecule has 21 heavy (non-hydrogen) atoms. The number of carboxylic acid groups (broad SMARTS) is 1. The molecule has 108 valence electrons. The number of allylic oxidation sites excluding steroid dienone is 1. The maximum Gasteiger partial charge on any atom is 0.311 e. The van der Waals surface area contributed by atoms with Crippen LogP contribution in [0.4, 0.5) is 5.69 Å². The summed E-state index contributed by atoms with van der Waals surface area (Å²) in [5, 5.41) is 9.30. The highest BCUT2D eigenvalue weighted by atomic mass is 16.4. The summed E-state index contributed by atoms with van der Waals surface area (Å²) in [7, 11) is 0. The molecular weight excluding hydrogens is 270 g/mol. The molecule has 2 aliphatic rings. The second-order valence-electron chi connectivity index (χ2n) is 5.51. The number of aliphatic carboxylic acids is 1. The molecule has 1 N–H and O–H groups in total. The topological polar surface area (TPSA) is 74.7 Å². The molecule has 5 heteroatoms. The number of rotatable bonds is 2. The quantitative estimate of drug-likeness (QED) is 0.663. The van der Waals surface area contributed by atoms with Crippen molar-refractivity contribution in [1.29, 1.82) is 0 Å². The van der Waals surface area contributed by atoms with E-state index in [0.717, 1.165) is 4.90 Å². The Morgan fingerprint density at radius 2 is 1.67 bits per heavy atom. The summed E-state index contributed by atoms with van der Waals surface area (Å²) < 4.78 is 0. The van der Waals surface area contributed by atoms with Crippen molar-refractivity contribution in [3.05, 3.63) is 42.5 Å². The van der Waals surface area contributed by atoms with Crippen LogP contribution in [0.3, 0.4) is 0 Å². The van der Waals surface area contributed by atoms with Gasteiger partial charge in [-0.15, -0.1) is 0 Å². The lowest BCUT2D eigenvalue weighted by molar-refractivity contribution is -0.145. The molecular formula is C16H15NO4. The van der Waals surface area contributed by atoms with Gasteiger partial charge in [0.25, 0.3) is 0 Å². The van der Waals surface area contributed by atoms with Crippen molar-refractivity contribution >= 4 is 23.5 Å². The Kier molecular flexibility index (Phi) is 3.12. The normalized spacial score (nSPS) is 31.4. The average Bonchev–Trinajstić information content (AvgIpc) is 2.73. The number of anilines is 1. The molecule has 1 fully saturated rings. The van der Waals surface area contributed by atoms with Gasteiger partial charge in [-0.3, -0.25) is 19.3 Å². The molecule has 1 aliphatic heterocycles. The molecule has 0 saturated carbocycles. The van der Waals surface area contributed by atoms with Crippen LogP contribution in [0.1, 0.15) is 6.92 Å². The van der Waals surface area contributed by atoms with Gasteiger partial charge in [0.15, 0.2) is 0 Å². The lowest BCUT2D eigenvalue weighted by Gasteiger charge is -2.27. The first kappa shape index (κ1) is 13.5. The highest BCUT2D eigenvalue weighted by Gasteiger charge is 2.55. The Morgan fingerprint density at radius 1 is 1.05 bits per heavy atom. The number of fused-ring (bicyclic) bond motifs is 1. The number of imide groups is 1. The van der Waals surface area contributed by atoms with Gasteiger partial charge in [0.1, 0.15) is 0 Å². The second kappa shape index (κ2) is 4.84. The first-order valence-electron chi connectivity index (χ1n) is 6.86. The van der Waals surface area contributed by atoms with Gasteiger partial charge in [0.2, 0.25) is 11.8 Å². The molecule has 5 nitrogen and oxygen atoms in total. The van der Waals surface area contributed by atoms with Gasteiger partial charge in [-0.2, -0.15) is 0 Å². The van der Waals surface area contributed by atoms with Crippen LogP contribution in [0.15, 0.2) is 42.5 Å². The third-order valence-corrected chi connectivity index (χ3v) is 4.27. The highest BCUT2D eigenvalue weighted by Crippen LogP contribution is 2.43. The highest BCUT2D eigenvalue weighted by molar-refractivity contribution is 6.23. The van der Waals surface area contributed by atoms with E-state index < -0.39 is 29.6 Å². The van der Waals surface area contributed by atoms with Crippen LogP contribution in [-0.2, 0) is 14.4 Å². The number of carboxylic acids is 1. The van der Waals surface area contributed by atoms with Gasteiger partial charge >= 0.3 is 5.97 Å². The second-order valence-corrected chi connectivity index (χ2v) is 5.51. The van der Waals surface area contributed by atoms with Crippen LogP contribution in [0.5, 0.6) is 0 Å². The third kappa shape index (κ3) is 1.96. The number of carbonyl (C=O) groups excluding carboxylic acids is 2. The first-order valence-corrected chi connectivity index (χ1v) is 6.86. The standard InChI is InChI=1S/C16H15NO4/c1-9-7-8-11(16(20)21)13-12(9)14(18)17(15(13)19)10-5-3-2-4-6-10/h2-9,11-13H,1H3,(H,20,21)/t9-,11+,12-,13+/m1/s1. The number of amides is 2. The Morgan fingerprint density at radius 3 is 2.29 bits per heavy atom. The van der Waals surface area contributed by atoms with Crippen molar-refractivity contribution < 1.29 is 19.5 Å². The van der Waals surface area contributed by atoms with Crippen LogP contribution in [-0.4, -0.2) is 22.9 Å². The van der Waals surface area contributed by atoms with Gasteiger partial charge in [0, 0.05) is 0 Å². The SMILES string of the molecule is C[C@@H]1C=C[C@H](C(=O)O)[C@@H]2C(=O)N(c3ccccc3)C(=O)[C@@H]21. The molecule has 0 radical (unpaired) electrons. The molecule has 1 saturated heterocycles. The smallest absolute Gasteiger partial charge is 0.311 e. The maximum absolute atomic E-state index is 12.6. The molecule has 3 rings (SSSR count). The summed E-state index contributed by atoms with van der Waals surface area (Å²) in [5.74, 6) is -4.27. The van der Waals surface area contributed by atoms with Crippen LogP contribution >= 0.6 is 0 Å². The predicted molar refractivity (Wildman–Crippen MR) is 75.3 cm³/mol. The third-order valence-electron chi connectivity index (χ3n) is 4.27. The number of hydrogen-bond acceptors (Lipinski definition) is 3. The minimum absolute atomic E-state index is 0.143. The van der Waals surface area contributed by atoms with Gasteiger partial charge in [-0.1, -0.05) is 37.3 Å². The van der Waals surface area contributed by atoms with E-state index in [4.69, 9.17) is 0 Å². The monoisotopic (exact) mass is 285 g/mol. The van der Waals surface area contributed by atoms with Gasteiger partial charge in [0.05, 0.1) is 23.4 Å². The summed E-state index contributed by atoms with van der Waals surface area (Å²) in [4.78, 5) is 37.7. The number of carbonyl (C=O) groups is 3. The van der Waals surface area contributed by atoms with Crippen LogP contribution in [0, 0.1) is 23.7 Å². The largest absolute Gasteiger partial charge is 0.481 e. The molecule has 1 aromatic carbocycles. The number of nitrogens with zero attached hydrogens (tertiary/aromatic N) is 1. The lowest BCUT2D eigenvalue weighted by Crippen LogP contribution is -2.36. The summed E-state index contributed by atoms with van der Waals surface area (Å²) >= 11 is 0. The molecule has 0 unspecified atom stereocenters. The van der Waals surface area contributed by atoms with Crippen molar-refractivity contribution in [2.24, 2.45) is 23.7 Å². The van der Waals surface area contributed by atoms with E-state index in [0.29, 0.717) is 5.69 Å². The first-order chi connectivity index (χ1) is 10.0. The minimum Gasteiger partial charge on any atom is -0.481 e. The fourth-order valence-electron chi connectivity index (χ4n) is 3.24. The van der Waals surface area contributed by atoms with Gasteiger partial charge < -0.3 is 5.11 Å². The summed E-state index contributed by atoms with van der Waals surface area (Å²) in [5.41, 5.74) is 0.498. The lowest BCUT2D eigenvalue weighted by atomic mass is 9.72. The Balaban J connectivity index is 2.05. The average molecular weight is 285 g/mol. The Bertz CT molecular complexity index is 637. The summed E-state index contributed by atoms with van der Waals surface area (Å²) in [6.45, 7) is 1.84. The molecule has 0 bridgehead atoms. The van der Waals surface area contributed by atoms with Crippen molar-refractivity contribution in [3.8, 4) is 0 Å². The van der Waals surface area contributed by atoms with E-state index >= 15 is 0 Å². The minimum atomic E-state index is -1.07. The van der Waals surface area contributed by atoms with E-state index in [1.165, 1.54) is 6.08 Å². The molecule has 1 heterocycles. The van der Waals surface area contributed by atoms with Crippen molar-refractivity contribution in [1.82, 2.24) is 0 Å². The van der Waals surface area contributed by atoms with E-state index in [1.807, 2.05) is 6.92 Å². The van der Waals surface area contributed by atoms with Crippen molar-refractivity contribution in [3.63, 3.8) is 0 Å². The molecule has 0 spiro atoms. The molecule has 2 amide bonds. The van der Waals surface area contributed by atoms with Crippen molar-refractivity contribution in [2.45, 2.75) is 6.92 Å². The maximum atomic E-state index is 12.6. The van der Waals surface area contributed by atoms with Crippen LogP contribution in [0.25, 0.3) is 0 Å². The number of hydrogen-bond donors (Lipinski definition) is 1. The number of para-hydroxylation sites is 1. The van der Waals surface area contributed by atoms with E-state index in [1.54, 1.807) is 36.4 Å². The zero-order valence-corrected chi connectivity index (χ0v) is 11.5. The Labute approximate surface area is 121 Å². The van der Waals surface area contributed by atoms with Crippen LogP contribution in [0.2, 0.25) is 0 Å². The molecule has 4 atom stereocenters. The molecule has 1 aromatic rings. The van der Waals surface area contributed by atoms with E-state index in [2.05, 4.69) is 0 Å². The van der Waals surface area contributed by atoms with E-state index in [9.17, 15) is 19.5 Å². The fourth-order valence-corrected chi connectivity index (χ4v) is 3.24. The van der Waals surface area contributed by atoms with Gasteiger partial charge in [-0.05, 0) is 18.1 Å². The summed E-state index contributed by atoms with van der Waals surface area (Å²) in [6, 6.07) is 8.65. The van der Waals surface area contributed by atoms with Crippen LogP contribution < -0.4 is 4.90 Å². The molecule has 0 aromatic heterocycles. The van der Waals surface area contributed by atoms with Crippen molar-refractivity contribution in [2.75, 3.05) is 4.90 Å². The van der Waals surface area contributed by atoms with E-state index in [-0.39, 0.29) is 11.8 Å².